The molecule has 0 aromatic heterocycles. The Bertz CT molecular complexity index is 472. The van der Waals surface area contributed by atoms with Gasteiger partial charge in [-0.25, -0.2) is 0 Å². The van der Waals surface area contributed by atoms with Crippen LogP contribution in [0.2, 0.25) is 0 Å². The van der Waals surface area contributed by atoms with E-state index in [1.165, 1.54) is 17.2 Å². The Morgan fingerprint density at radius 3 is 2.42 bits per heavy atom. The molecule has 0 unspecified atom stereocenters. The number of hydrogen-bond acceptors (Lipinski definition) is 3. The number of phenols is 3. The molecular weight excluding hydrogens is 240 g/mol. The summed E-state index contributed by atoms with van der Waals surface area (Å²) in [6, 6.07) is 3.56. The predicted octanol–water partition coefficient (Wildman–Crippen LogP) is 3.84. The lowest BCUT2D eigenvalue weighted by atomic mass is 10.0. The number of benzene rings is 1. The first-order valence-electron chi connectivity index (χ1n) is 6.35. The first kappa shape index (κ1) is 15.2. The van der Waals surface area contributed by atoms with Crippen molar-refractivity contribution in [1.82, 2.24) is 0 Å². The highest BCUT2D eigenvalue weighted by molar-refractivity contribution is 5.48. The maximum atomic E-state index is 9.66. The summed E-state index contributed by atoms with van der Waals surface area (Å²) in [6.45, 7) is 6.17. The van der Waals surface area contributed by atoms with Crippen molar-refractivity contribution in [3.8, 4) is 17.2 Å². The monoisotopic (exact) mass is 261 g/mol. The molecule has 3 N–H and O–H groups in total. The van der Waals surface area contributed by atoms with E-state index in [-0.39, 0.29) is 17.2 Å². The Hall–Kier alpha value is -1.90. The van der Waals surface area contributed by atoms with Crippen molar-refractivity contribution < 1.29 is 15.3 Å². The van der Waals surface area contributed by atoms with Crippen LogP contribution in [-0.4, -0.2) is 15.3 Å². The first-order valence-corrected chi connectivity index (χ1v) is 6.35. The Morgan fingerprint density at radius 1 is 1.16 bits per heavy atom. The molecule has 1 rings (SSSR count). The van der Waals surface area contributed by atoms with Crippen molar-refractivity contribution in [2.75, 3.05) is 0 Å². The molecule has 0 fully saturated rings. The normalized spacial score (nSPS) is 11.4. The Morgan fingerprint density at radius 2 is 1.84 bits per heavy atom. The zero-order chi connectivity index (χ0) is 14.4. The van der Waals surface area contributed by atoms with Crippen LogP contribution >= 0.6 is 0 Å². The molecule has 0 aliphatic carbocycles. The van der Waals surface area contributed by atoms with Crippen LogP contribution in [0.15, 0.2) is 29.4 Å². The molecule has 0 bridgehead atoms. The van der Waals surface area contributed by atoms with Gasteiger partial charge in [0.05, 0.1) is 6.07 Å². The molecular formula is C16H21O3. The van der Waals surface area contributed by atoms with Crippen molar-refractivity contribution in [3.05, 3.63) is 41.0 Å². The first-order chi connectivity index (χ1) is 8.90. The summed E-state index contributed by atoms with van der Waals surface area (Å²) in [7, 11) is 0. The molecule has 0 atom stereocenters. The van der Waals surface area contributed by atoms with Crippen LogP contribution in [0.5, 0.6) is 17.2 Å². The summed E-state index contributed by atoms with van der Waals surface area (Å²) >= 11 is 0. The lowest BCUT2D eigenvalue weighted by Crippen LogP contribution is -1.87. The van der Waals surface area contributed by atoms with Gasteiger partial charge in [0, 0.05) is 11.6 Å². The molecule has 0 saturated carbocycles. The molecule has 1 aromatic rings. The van der Waals surface area contributed by atoms with Gasteiger partial charge < -0.3 is 15.3 Å². The number of aromatic hydroxyl groups is 3. The third-order valence-electron chi connectivity index (χ3n) is 2.86. The molecule has 103 valence electrons. The maximum absolute atomic E-state index is 9.66. The standard InChI is InChI=1S/C16H21O3/c1-11(2)5-4-6-12(3)7-8-14-15(18)9-13(17)10-16(14)19/h5,7,9,17-19H,4,6,8H2,1-3H3/b12-7+. The quantitative estimate of drug-likeness (QED) is 0.706. The van der Waals surface area contributed by atoms with Crippen molar-refractivity contribution in [2.24, 2.45) is 0 Å². The van der Waals surface area contributed by atoms with E-state index < -0.39 is 0 Å². The molecule has 0 aliphatic heterocycles. The molecule has 0 aliphatic rings. The Balaban J connectivity index is 2.68. The highest BCUT2D eigenvalue weighted by Gasteiger charge is 2.08. The summed E-state index contributed by atoms with van der Waals surface area (Å²) in [4.78, 5) is 0. The van der Waals surface area contributed by atoms with Gasteiger partial charge >= 0.3 is 0 Å². The highest BCUT2D eigenvalue weighted by Crippen LogP contribution is 2.32. The molecule has 0 saturated heterocycles. The average molecular weight is 261 g/mol. The molecule has 3 heteroatoms. The van der Waals surface area contributed by atoms with E-state index >= 15 is 0 Å². The largest absolute Gasteiger partial charge is 0.507 e. The summed E-state index contributed by atoms with van der Waals surface area (Å²) in [5.74, 6) is -0.573. The van der Waals surface area contributed by atoms with Crippen LogP contribution < -0.4 is 0 Å². The van der Waals surface area contributed by atoms with Gasteiger partial charge in [0.2, 0.25) is 0 Å². The van der Waals surface area contributed by atoms with Crippen LogP contribution in [0, 0.1) is 6.07 Å². The van der Waals surface area contributed by atoms with Gasteiger partial charge in [-0.2, -0.15) is 0 Å². The molecule has 3 nitrogen and oxygen atoms in total. The zero-order valence-corrected chi connectivity index (χ0v) is 11.7. The van der Waals surface area contributed by atoms with Gasteiger partial charge in [-0.15, -0.1) is 0 Å². The van der Waals surface area contributed by atoms with Gasteiger partial charge in [0.1, 0.15) is 17.2 Å². The van der Waals surface area contributed by atoms with E-state index in [9.17, 15) is 10.2 Å². The summed E-state index contributed by atoms with van der Waals surface area (Å²) in [5, 5.41) is 28.4. The minimum atomic E-state index is -0.261. The highest BCUT2D eigenvalue weighted by atomic mass is 16.3. The van der Waals surface area contributed by atoms with E-state index in [4.69, 9.17) is 5.11 Å². The second kappa shape index (κ2) is 6.88. The minimum absolute atomic E-state index is 0.109. The molecule has 19 heavy (non-hydrogen) atoms. The Kier molecular flexibility index (Phi) is 5.49. The predicted molar refractivity (Wildman–Crippen MR) is 76.4 cm³/mol. The van der Waals surface area contributed by atoms with Gasteiger partial charge in [-0.1, -0.05) is 23.3 Å². The van der Waals surface area contributed by atoms with E-state index in [1.54, 1.807) is 0 Å². The van der Waals surface area contributed by atoms with Crippen molar-refractivity contribution in [3.63, 3.8) is 0 Å². The minimum Gasteiger partial charge on any atom is -0.507 e. The third kappa shape index (κ3) is 5.08. The number of rotatable bonds is 5. The van der Waals surface area contributed by atoms with E-state index in [0.717, 1.165) is 12.8 Å². The summed E-state index contributed by atoms with van der Waals surface area (Å²) < 4.78 is 0. The molecule has 1 radical (unpaired) electrons. The van der Waals surface area contributed by atoms with Crippen LogP contribution in [0.25, 0.3) is 0 Å². The molecule has 0 amide bonds. The fraction of sp³-hybridized carbons (Fsp3) is 0.375. The molecule has 0 heterocycles. The fourth-order valence-corrected chi connectivity index (χ4v) is 1.74. The summed E-state index contributed by atoms with van der Waals surface area (Å²) in [5.41, 5.74) is 2.89. The lowest BCUT2D eigenvalue weighted by molar-refractivity contribution is 0.419. The van der Waals surface area contributed by atoms with Gasteiger partial charge in [-0.05, 0) is 40.0 Å². The van der Waals surface area contributed by atoms with Gasteiger partial charge in [0.25, 0.3) is 0 Å². The number of phenolic OH excluding ortho intramolecular Hbond substituents is 3. The van der Waals surface area contributed by atoms with Gasteiger partial charge in [0.15, 0.2) is 0 Å². The SMILES string of the molecule is CC(C)=CCC/C(C)=C/Cc1c(O)[c]c(O)cc1O. The van der Waals surface area contributed by atoms with Gasteiger partial charge in [-0.3, -0.25) is 0 Å². The third-order valence-corrected chi connectivity index (χ3v) is 2.86. The molecule has 0 spiro atoms. The molecule has 1 aromatic carbocycles. The van der Waals surface area contributed by atoms with Crippen molar-refractivity contribution in [1.29, 1.82) is 0 Å². The smallest absolute Gasteiger partial charge is 0.134 e. The second-order valence-corrected chi connectivity index (χ2v) is 4.94. The maximum Gasteiger partial charge on any atom is 0.134 e. The van der Waals surface area contributed by atoms with Crippen LogP contribution in [0.4, 0.5) is 0 Å². The van der Waals surface area contributed by atoms with Crippen molar-refractivity contribution >= 4 is 0 Å². The number of hydrogen-bond donors (Lipinski definition) is 3. The number of allylic oxidation sites excluding steroid dienone is 4. The Labute approximate surface area is 114 Å². The van der Waals surface area contributed by atoms with Crippen LogP contribution in [0.3, 0.4) is 0 Å². The zero-order valence-electron chi connectivity index (χ0n) is 11.7. The summed E-state index contributed by atoms with van der Waals surface area (Å²) in [6.07, 6.45) is 6.52. The van der Waals surface area contributed by atoms with E-state index in [2.05, 4.69) is 26.0 Å². The topological polar surface area (TPSA) is 60.7 Å². The average Bonchev–Trinajstić information content (AvgIpc) is 2.26. The van der Waals surface area contributed by atoms with E-state index in [1.807, 2.05) is 13.0 Å². The van der Waals surface area contributed by atoms with Crippen LogP contribution in [-0.2, 0) is 6.42 Å². The second-order valence-electron chi connectivity index (χ2n) is 4.94. The van der Waals surface area contributed by atoms with Crippen molar-refractivity contribution in [2.45, 2.75) is 40.0 Å². The van der Waals surface area contributed by atoms with E-state index in [0.29, 0.717) is 12.0 Å². The fourth-order valence-electron chi connectivity index (χ4n) is 1.74. The van der Waals surface area contributed by atoms with Crippen LogP contribution in [0.1, 0.15) is 39.2 Å². The lowest BCUT2D eigenvalue weighted by Gasteiger charge is -2.06.